The van der Waals surface area contributed by atoms with Gasteiger partial charge in [-0.2, -0.15) is 0 Å². The van der Waals surface area contributed by atoms with Gasteiger partial charge in [0.05, 0.1) is 18.7 Å². The third kappa shape index (κ3) is 3.57. The van der Waals surface area contributed by atoms with Gasteiger partial charge in [0.1, 0.15) is 5.76 Å². The van der Waals surface area contributed by atoms with Crippen molar-refractivity contribution >= 4 is 5.91 Å². The number of carbonyl (C=O) groups is 1. The zero-order valence-electron chi connectivity index (χ0n) is 15.0. The highest BCUT2D eigenvalue weighted by molar-refractivity contribution is 5.80. The lowest BCUT2D eigenvalue weighted by Crippen LogP contribution is -2.36. The molecule has 0 N–H and O–H groups in total. The molecule has 1 atom stereocenters. The Morgan fingerprint density at radius 1 is 1.00 bits per heavy atom. The molecule has 1 aliphatic carbocycles. The third-order valence-electron chi connectivity index (χ3n) is 5.02. The summed E-state index contributed by atoms with van der Waals surface area (Å²) in [7, 11) is 0. The van der Waals surface area contributed by atoms with Crippen molar-refractivity contribution in [2.24, 2.45) is 0 Å². The van der Waals surface area contributed by atoms with Crippen LogP contribution in [0.1, 0.15) is 37.1 Å². The highest BCUT2D eigenvalue weighted by atomic mass is 16.3. The van der Waals surface area contributed by atoms with Crippen molar-refractivity contribution < 1.29 is 9.21 Å². The van der Waals surface area contributed by atoms with E-state index in [1.165, 1.54) is 11.1 Å². The van der Waals surface area contributed by atoms with Crippen molar-refractivity contribution in [3.63, 3.8) is 0 Å². The summed E-state index contributed by atoms with van der Waals surface area (Å²) in [6.45, 7) is 2.05. The van der Waals surface area contributed by atoms with Gasteiger partial charge in [-0.1, -0.05) is 54.6 Å². The number of hydrogen-bond acceptors (Lipinski definition) is 2. The van der Waals surface area contributed by atoms with Gasteiger partial charge < -0.3 is 9.32 Å². The van der Waals surface area contributed by atoms with Crippen LogP contribution in [0.2, 0.25) is 0 Å². The van der Waals surface area contributed by atoms with Gasteiger partial charge in [-0.15, -0.1) is 0 Å². The van der Waals surface area contributed by atoms with Crippen LogP contribution in [0.5, 0.6) is 0 Å². The van der Waals surface area contributed by atoms with E-state index in [-0.39, 0.29) is 11.9 Å². The van der Waals surface area contributed by atoms with Gasteiger partial charge in [-0.3, -0.25) is 4.79 Å². The molecular weight excluding hydrogens is 322 g/mol. The van der Waals surface area contributed by atoms with Crippen LogP contribution in [0.3, 0.4) is 0 Å². The number of carbonyl (C=O) groups excluding carboxylic acids is 1. The van der Waals surface area contributed by atoms with Gasteiger partial charge >= 0.3 is 0 Å². The Bertz CT molecular complexity index is 849. The minimum Gasteiger partial charge on any atom is -0.467 e. The molecule has 1 amide bonds. The monoisotopic (exact) mass is 345 g/mol. The number of amides is 1. The topological polar surface area (TPSA) is 33.5 Å². The molecule has 3 aromatic rings. The Morgan fingerprint density at radius 3 is 2.31 bits per heavy atom. The molecule has 3 heteroatoms. The molecule has 0 bridgehead atoms. The quantitative estimate of drug-likeness (QED) is 0.612. The fourth-order valence-corrected chi connectivity index (χ4v) is 3.47. The van der Waals surface area contributed by atoms with E-state index in [2.05, 4.69) is 36.4 Å². The predicted molar refractivity (Wildman–Crippen MR) is 103 cm³/mol. The molecule has 26 heavy (non-hydrogen) atoms. The second-order valence-corrected chi connectivity index (χ2v) is 6.96. The van der Waals surface area contributed by atoms with Crippen molar-refractivity contribution in [2.75, 3.05) is 0 Å². The van der Waals surface area contributed by atoms with Crippen molar-refractivity contribution in [3.8, 4) is 11.1 Å². The molecule has 1 heterocycles. The molecule has 2 aromatic carbocycles. The smallest absolute Gasteiger partial charge is 0.227 e. The van der Waals surface area contributed by atoms with Crippen LogP contribution in [0.25, 0.3) is 11.1 Å². The van der Waals surface area contributed by atoms with Crippen LogP contribution in [-0.4, -0.2) is 16.8 Å². The van der Waals surface area contributed by atoms with Gasteiger partial charge in [0.15, 0.2) is 0 Å². The number of benzene rings is 2. The second-order valence-electron chi connectivity index (χ2n) is 6.96. The van der Waals surface area contributed by atoms with Crippen molar-refractivity contribution in [3.05, 3.63) is 84.3 Å². The van der Waals surface area contributed by atoms with E-state index in [4.69, 9.17) is 4.42 Å². The molecule has 0 radical (unpaired) electrons. The molecule has 0 aliphatic heterocycles. The molecule has 3 nitrogen and oxygen atoms in total. The van der Waals surface area contributed by atoms with Gasteiger partial charge in [0.25, 0.3) is 0 Å². The summed E-state index contributed by atoms with van der Waals surface area (Å²) in [6, 6.07) is 22.7. The van der Waals surface area contributed by atoms with Gasteiger partial charge in [0, 0.05) is 6.04 Å². The summed E-state index contributed by atoms with van der Waals surface area (Å²) in [4.78, 5) is 15.0. The van der Waals surface area contributed by atoms with Gasteiger partial charge in [-0.05, 0) is 48.6 Å². The Kier molecular flexibility index (Phi) is 4.61. The number of furan rings is 1. The predicted octanol–water partition coefficient (Wildman–Crippen LogP) is 5.24. The van der Waals surface area contributed by atoms with Crippen LogP contribution >= 0.6 is 0 Å². The summed E-state index contributed by atoms with van der Waals surface area (Å²) >= 11 is 0. The first kappa shape index (κ1) is 16.6. The Hall–Kier alpha value is -2.81. The molecule has 1 aliphatic rings. The summed E-state index contributed by atoms with van der Waals surface area (Å²) in [6.07, 6.45) is 4.27. The lowest BCUT2D eigenvalue weighted by atomic mass is 10.0. The molecule has 1 aromatic heterocycles. The maximum absolute atomic E-state index is 13.0. The maximum Gasteiger partial charge on any atom is 0.227 e. The highest BCUT2D eigenvalue weighted by Gasteiger charge is 2.36. The van der Waals surface area contributed by atoms with E-state index in [0.29, 0.717) is 12.5 Å². The molecular formula is C23H23NO2. The molecule has 1 fully saturated rings. The fourth-order valence-electron chi connectivity index (χ4n) is 3.47. The van der Waals surface area contributed by atoms with E-state index in [1.807, 2.05) is 42.2 Å². The third-order valence-corrected chi connectivity index (χ3v) is 5.02. The number of hydrogen-bond donors (Lipinski definition) is 0. The van der Waals surface area contributed by atoms with E-state index in [9.17, 15) is 4.79 Å². The lowest BCUT2D eigenvalue weighted by Gasteiger charge is -2.28. The van der Waals surface area contributed by atoms with Gasteiger partial charge in [-0.25, -0.2) is 0 Å². The van der Waals surface area contributed by atoms with Crippen LogP contribution in [-0.2, 0) is 11.2 Å². The van der Waals surface area contributed by atoms with Crippen molar-refractivity contribution in [1.29, 1.82) is 0 Å². The summed E-state index contributed by atoms with van der Waals surface area (Å²) in [5.41, 5.74) is 3.41. The molecule has 1 saturated carbocycles. The van der Waals surface area contributed by atoms with Crippen LogP contribution in [0.4, 0.5) is 0 Å². The van der Waals surface area contributed by atoms with Crippen molar-refractivity contribution in [2.45, 2.75) is 38.3 Å². The Morgan fingerprint density at radius 2 is 1.69 bits per heavy atom. The Labute approximate surface area is 154 Å². The average Bonchev–Trinajstić information content (AvgIpc) is 3.34. The van der Waals surface area contributed by atoms with Crippen LogP contribution < -0.4 is 0 Å². The normalized spacial score (nSPS) is 14.8. The minimum atomic E-state index is -0.0198. The second kappa shape index (κ2) is 7.20. The number of nitrogens with zero attached hydrogens (tertiary/aromatic N) is 1. The number of rotatable bonds is 6. The first-order valence-corrected chi connectivity index (χ1v) is 9.21. The summed E-state index contributed by atoms with van der Waals surface area (Å²) in [5, 5.41) is 0. The molecule has 1 unspecified atom stereocenters. The van der Waals surface area contributed by atoms with Gasteiger partial charge in [0.2, 0.25) is 5.91 Å². The van der Waals surface area contributed by atoms with E-state index in [0.717, 1.165) is 24.2 Å². The minimum absolute atomic E-state index is 0.0198. The largest absolute Gasteiger partial charge is 0.467 e. The molecule has 132 valence electrons. The zero-order chi connectivity index (χ0) is 17.9. The molecule has 4 rings (SSSR count). The maximum atomic E-state index is 13.0. The van der Waals surface area contributed by atoms with Crippen molar-refractivity contribution in [1.82, 2.24) is 4.90 Å². The molecule has 0 saturated heterocycles. The van der Waals surface area contributed by atoms with E-state index >= 15 is 0 Å². The molecule has 0 spiro atoms. The average molecular weight is 345 g/mol. The summed E-state index contributed by atoms with van der Waals surface area (Å²) in [5.74, 6) is 1.02. The van der Waals surface area contributed by atoms with E-state index in [1.54, 1.807) is 6.26 Å². The zero-order valence-corrected chi connectivity index (χ0v) is 15.0. The van der Waals surface area contributed by atoms with Crippen LogP contribution in [0.15, 0.2) is 77.4 Å². The first-order valence-electron chi connectivity index (χ1n) is 9.21. The standard InChI is InChI=1S/C23H23NO2/c1-17(22-8-5-15-26-22)24(21-13-14-21)23(25)16-18-9-11-20(12-10-18)19-6-3-2-4-7-19/h2-12,15,17,21H,13-14,16H2,1H3. The Balaban J connectivity index is 1.48. The lowest BCUT2D eigenvalue weighted by molar-refractivity contribution is -0.133. The van der Waals surface area contributed by atoms with E-state index < -0.39 is 0 Å². The first-order chi connectivity index (χ1) is 12.7. The summed E-state index contributed by atoms with van der Waals surface area (Å²) < 4.78 is 5.53. The SMILES string of the molecule is CC(c1ccco1)N(C(=O)Cc1ccc(-c2ccccc2)cc1)C1CC1. The van der Waals surface area contributed by atoms with Crippen LogP contribution in [0, 0.1) is 0 Å². The highest BCUT2D eigenvalue weighted by Crippen LogP contribution is 2.35. The fraction of sp³-hybridized carbons (Fsp3) is 0.261.